The van der Waals surface area contributed by atoms with E-state index in [0.29, 0.717) is 0 Å². The molecule has 1 amide bonds. The highest BCUT2D eigenvalue weighted by Gasteiger charge is 2.16. The van der Waals surface area contributed by atoms with Gasteiger partial charge in [-0.3, -0.25) is 4.79 Å². The molecule has 1 rings (SSSR count). The third kappa shape index (κ3) is 3.01. The Kier molecular flexibility index (Phi) is 3.98. The molecular formula is C9H8Cl2N2O3. The molecule has 0 unspecified atom stereocenters. The number of carbonyl (C=O) groups excluding carboxylic acids is 2. The van der Waals surface area contributed by atoms with Gasteiger partial charge >= 0.3 is 5.97 Å². The second kappa shape index (κ2) is 5.05. The van der Waals surface area contributed by atoms with Crippen LogP contribution in [0.25, 0.3) is 0 Å². The summed E-state index contributed by atoms with van der Waals surface area (Å²) >= 11 is 11.5. The van der Waals surface area contributed by atoms with Crippen molar-refractivity contribution >= 4 is 40.8 Å². The Hall–Kier alpha value is -1.46. The van der Waals surface area contributed by atoms with Gasteiger partial charge in [-0.25, -0.2) is 4.79 Å². The molecule has 86 valence electrons. The van der Waals surface area contributed by atoms with Gasteiger partial charge < -0.3 is 16.2 Å². The van der Waals surface area contributed by atoms with Crippen LogP contribution in [0.2, 0.25) is 10.0 Å². The summed E-state index contributed by atoms with van der Waals surface area (Å²) < 4.78 is 4.57. The van der Waals surface area contributed by atoms with Crippen molar-refractivity contribution in [1.29, 1.82) is 0 Å². The molecule has 0 radical (unpaired) electrons. The number of esters is 1. The Balaban J connectivity index is 2.95. The smallest absolute Gasteiger partial charge is 0.340 e. The Morgan fingerprint density at radius 3 is 2.50 bits per heavy atom. The molecule has 0 atom stereocenters. The molecule has 0 heterocycles. The van der Waals surface area contributed by atoms with Gasteiger partial charge in [-0.15, -0.1) is 0 Å². The topological polar surface area (TPSA) is 95.4 Å². The lowest BCUT2D eigenvalue weighted by Crippen LogP contribution is -2.21. The number of amides is 1. The highest BCUT2D eigenvalue weighted by Crippen LogP contribution is 2.29. The minimum Gasteiger partial charge on any atom is -0.452 e. The third-order valence-electron chi connectivity index (χ3n) is 1.62. The summed E-state index contributed by atoms with van der Waals surface area (Å²) in [5.41, 5.74) is 10.6. The second-order valence-electron chi connectivity index (χ2n) is 2.91. The van der Waals surface area contributed by atoms with Gasteiger partial charge in [-0.2, -0.15) is 0 Å². The van der Waals surface area contributed by atoms with Gasteiger partial charge in [0.2, 0.25) is 0 Å². The molecule has 16 heavy (non-hydrogen) atoms. The average molecular weight is 263 g/mol. The van der Waals surface area contributed by atoms with Crippen LogP contribution in [0, 0.1) is 0 Å². The van der Waals surface area contributed by atoms with Crippen LogP contribution in [0.3, 0.4) is 0 Å². The quantitative estimate of drug-likeness (QED) is 0.633. The van der Waals surface area contributed by atoms with E-state index < -0.39 is 18.5 Å². The second-order valence-corrected chi connectivity index (χ2v) is 3.69. The first-order valence-electron chi connectivity index (χ1n) is 4.11. The van der Waals surface area contributed by atoms with E-state index in [1.54, 1.807) is 0 Å². The third-order valence-corrected chi connectivity index (χ3v) is 2.42. The Labute approximate surface area is 101 Å². The van der Waals surface area contributed by atoms with E-state index in [9.17, 15) is 9.59 Å². The van der Waals surface area contributed by atoms with Crippen molar-refractivity contribution in [2.75, 3.05) is 12.3 Å². The van der Waals surface area contributed by atoms with Crippen LogP contribution in [0.5, 0.6) is 0 Å². The molecule has 0 aromatic heterocycles. The van der Waals surface area contributed by atoms with Crippen molar-refractivity contribution in [3.8, 4) is 0 Å². The van der Waals surface area contributed by atoms with Crippen LogP contribution in [0.1, 0.15) is 10.4 Å². The summed E-state index contributed by atoms with van der Waals surface area (Å²) in [6.07, 6.45) is 0. The first-order chi connectivity index (χ1) is 7.41. The molecule has 0 fully saturated rings. The van der Waals surface area contributed by atoms with Crippen LogP contribution in [0.15, 0.2) is 12.1 Å². The highest BCUT2D eigenvalue weighted by molar-refractivity contribution is 6.44. The Bertz CT molecular complexity index is 449. The summed E-state index contributed by atoms with van der Waals surface area (Å²) in [4.78, 5) is 21.9. The minimum absolute atomic E-state index is 0.00656. The van der Waals surface area contributed by atoms with Gasteiger partial charge in [0.1, 0.15) is 0 Å². The van der Waals surface area contributed by atoms with Gasteiger partial charge in [-0.05, 0) is 12.1 Å². The van der Waals surface area contributed by atoms with E-state index >= 15 is 0 Å². The molecule has 1 aromatic rings. The fourth-order valence-corrected chi connectivity index (χ4v) is 1.39. The standard InChI is InChI=1S/C9H8Cl2N2O3/c10-6-2-4(12)1-5(8(6)11)9(15)16-3-7(13)14/h1-2H,3,12H2,(H2,13,14). The lowest BCUT2D eigenvalue weighted by Gasteiger charge is -2.06. The largest absolute Gasteiger partial charge is 0.452 e. The molecule has 0 saturated carbocycles. The number of rotatable bonds is 3. The Morgan fingerprint density at radius 2 is 1.94 bits per heavy atom. The number of nitrogens with two attached hydrogens (primary N) is 2. The predicted octanol–water partition coefficient (Wildman–Crippen LogP) is 1.22. The number of primary amides is 1. The van der Waals surface area contributed by atoms with E-state index in [1.807, 2.05) is 0 Å². The number of hydrogen-bond acceptors (Lipinski definition) is 4. The number of benzene rings is 1. The number of ether oxygens (including phenoxy) is 1. The zero-order valence-electron chi connectivity index (χ0n) is 8.00. The number of anilines is 1. The first kappa shape index (κ1) is 12.6. The van der Waals surface area contributed by atoms with E-state index in [1.165, 1.54) is 12.1 Å². The maximum atomic E-state index is 11.4. The van der Waals surface area contributed by atoms with Crippen molar-refractivity contribution in [1.82, 2.24) is 0 Å². The van der Waals surface area contributed by atoms with Crippen LogP contribution in [0.4, 0.5) is 5.69 Å². The summed E-state index contributed by atoms with van der Waals surface area (Å²) in [5.74, 6) is -1.57. The van der Waals surface area contributed by atoms with E-state index in [-0.39, 0.29) is 21.3 Å². The van der Waals surface area contributed by atoms with E-state index in [2.05, 4.69) is 4.74 Å². The number of halogens is 2. The summed E-state index contributed by atoms with van der Waals surface area (Å²) in [7, 11) is 0. The van der Waals surface area contributed by atoms with Gasteiger partial charge in [0.25, 0.3) is 5.91 Å². The molecule has 0 aliphatic rings. The van der Waals surface area contributed by atoms with Crippen LogP contribution >= 0.6 is 23.2 Å². The normalized spacial score (nSPS) is 9.88. The molecule has 4 N–H and O–H groups in total. The lowest BCUT2D eigenvalue weighted by molar-refractivity contribution is -0.121. The molecular weight excluding hydrogens is 255 g/mol. The molecule has 0 aliphatic heterocycles. The molecule has 0 spiro atoms. The molecule has 7 heteroatoms. The zero-order valence-corrected chi connectivity index (χ0v) is 9.51. The average Bonchev–Trinajstić information content (AvgIpc) is 2.19. The van der Waals surface area contributed by atoms with Gasteiger partial charge in [0.15, 0.2) is 6.61 Å². The summed E-state index contributed by atoms with van der Waals surface area (Å²) in [5, 5.41) is 0.151. The molecule has 1 aromatic carbocycles. The van der Waals surface area contributed by atoms with Crippen molar-refractivity contribution < 1.29 is 14.3 Å². The highest BCUT2D eigenvalue weighted by atomic mass is 35.5. The van der Waals surface area contributed by atoms with Gasteiger partial charge in [0.05, 0.1) is 15.6 Å². The fourth-order valence-electron chi connectivity index (χ4n) is 0.973. The molecule has 0 bridgehead atoms. The van der Waals surface area contributed by atoms with Gasteiger partial charge in [-0.1, -0.05) is 23.2 Å². The zero-order chi connectivity index (χ0) is 12.3. The first-order valence-corrected chi connectivity index (χ1v) is 4.87. The lowest BCUT2D eigenvalue weighted by atomic mass is 10.2. The predicted molar refractivity (Wildman–Crippen MR) is 60.4 cm³/mol. The maximum Gasteiger partial charge on any atom is 0.340 e. The number of nitrogen functional groups attached to an aromatic ring is 1. The maximum absolute atomic E-state index is 11.4. The summed E-state index contributed by atoms with van der Waals surface area (Å²) in [6.45, 7) is -0.526. The SMILES string of the molecule is NC(=O)COC(=O)c1cc(N)cc(Cl)c1Cl. The fraction of sp³-hybridized carbons (Fsp3) is 0.111. The van der Waals surface area contributed by atoms with Crippen molar-refractivity contribution in [3.05, 3.63) is 27.7 Å². The minimum atomic E-state index is -0.807. The van der Waals surface area contributed by atoms with Crippen molar-refractivity contribution in [2.24, 2.45) is 5.73 Å². The number of carbonyl (C=O) groups is 2. The molecule has 0 saturated heterocycles. The molecule has 0 aliphatic carbocycles. The number of hydrogen-bond donors (Lipinski definition) is 2. The van der Waals surface area contributed by atoms with E-state index in [0.717, 1.165) is 0 Å². The van der Waals surface area contributed by atoms with Crippen LogP contribution < -0.4 is 11.5 Å². The van der Waals surface area contributed by atoms with Crippen molar-refractivity contribution in [3.63, 3.8) is 0 Å². The Morgan fingerprint density at radius 1 is 1.31 bits per heavy atom. The monoisotopic (exact) mass is 262 g/mol. The van der Waals surface area contributed by atoms with E-state index in [4.69, 9.17) is 34.7 Å². The van der Waals surface area contributed by atoms with Gasteiger partial charge in [0, 0.05) is 5.69 Å². The van der Waals surface area contributed by atoms with Crippen LogP contribution in [-0.4, -0.2) is 18.5 Å². The van der Waals surface area contributed by atoms with Crippen molar-refractivity contribution in [2.45, 2.75) is 0 Å². The van der Waals surface area contributed by atoms with Crippen LogP contribution in [-0.2, 0) is 9.53 Å². The summed E-state index contributed by atoms with van der Waals surface area (Å²) in [6, 6.07) is 2.70. The molecule has 5 nitrogen and oxygen atoms in total.